The molecule has 2 aromatic carbocycles. The Morgan fingerprint density at radius 1 is 1.09 bits per heavy atom. The fourth-order valence-corrected chi connectivity index (χ4v) is 5.35. The van der Waals surface area contributed by atoms with Crippen molar-refractivity contribution in [3.8, 4) is 0 Å². The zero-order valence-electron chi connectivity index (χ0n) is 13.5. The SMILES string of the molecule is CCCN(C1CCNCC1)S(=O)(=O)c1cccc2ccccc12. The first-order chi connectivity index (χ1) is 11.1. The quantitative estimate of drug-likeness (QED) is 0.916. The second-order valence-corrected chi connectivity index (χ2v) is 7.93. The van der Waals surface area contributed by atoms with Crippen LogP contribution in [0, 0.1) is 0 Å². The van der Waals surface area contributed by atoms with Crippen molar-refractivity contribution in [3.63, 3.8) is 0 Å². The van der Waals surface area contributed by atoms with Crippen LogP contribution >= 0.6 is 0 Å². The van der Waals surface area contributed by atoms with E-state index in [2.05, 4.69) is 5.32 Å². The molecule has 1 aliphatic rings. The van der Waals surface area contributed by atoms with E-state index in [1.165, 1.54) is 0 Å². The molecule has 0 aromatic heterocycles. The van der Waals surface area contributed by atoms with Crippen LogP contribution < -0.4 is 5.32 Å². The van der Waals surface area contributed by atoms with E-state index in [-0.39, 0.29) is 6.04 Å². The van der Waals surface area contributed by atoms with Crippen LogP contribution in [-0.2, 0) is 10.0 Å². The highest BCUT2D eigenvalue weighted by atomic mass is 32.2. The van der Waals surface area contributed by atoms with Gasteiger partial charge in [0.1, 0.15) is 0 Å². The summed E-state index contributed by atoms with van der Waals surface area (Å²) in [6, 6.07) is 13.3. The van der Waals surface area contributed by atoms with E-state index in [9.17, 15) is 8.42 Å². The van der Waals surface area contributed by atoms with Crippen molar-refractivity contribution < 1.29 is 8.42 Å². The predicted octanol–water partition coefficient (Wildman–Crippen LogP) is 2.99. The molecule has 2 aromatic rings. The maximum absolute atomic E-state index is 13.3. The van der Waals surface area contributed by atoms with Gasteiger partial charge in [-0.25, -0.2) is 8.42 Å². The van der Waals surface area contributed by atoms with Gasteiger partial charge in [-0.2, -0.15) is 4.31 Å². The molecule has 1 aliphatic heterocycles. The number of rotatable bonds is 5. The van der Waals surface area contributed by atoms with Gasteiger partial charge in [-0.1, -0.05) is 43.3 Å². The molecule has 1 N–H and O–H groups in total. The van der Waals surface area contributed by atoms with Gasteiger partial charge in [0.15, 0.2) is 0 Å². The lowest BCUT2D eigenvalue weighted by Crippen LogP contribution is -2.46. The van der Waals surface area contributed by atoms with Crippen LogP contribution in [0.25, 0.3) is 10.8 Å². The predicted molar refractivity (Wildman–Crippen MR) is 94.0 cm³/mol. The summed E-state index contributed by atoms with van der Waals surface area (Å²) in [7, 11) is -3.48. The molecule has 5 heteroatoms. The molecule has 1 fully saturated rings. The number of hydrogen-bond donors (Lipinski definition) is 1. The minimum absolute atomic E-state index is 0.0974. The van der Waals surface area contributed by atoms with E-state index < -0.39 is 10.0 Å². The number of hydrogen-bond acceptors (Lipinski definition) is 3. The van der Waals surface area contributed by atoms with Gasteiger partial charge in [0.05, 0.1) is 4.90 Å². The number of benzene rings is 2. The van der Waals surface area contributed by atoms with E-state index in [1.54, 1.807) is 10.4 Å². The Kier molecular flexibility index (Phi) is 4.99. The largest absolute Gasteiger partial charge is 0.317 e. The molecule has 23 heavy (non-hydrogen) atoms. The molecule has 0 bridgehead atoms. The molecule has 0 radical (unpaired) electrons. The molecule has 0 atom stereocenters. The lowest BCUT2D eigenvalue weighted by Gasteiger charge is -2.33. The first-order valence-electron chi connectivity index (χ1n) is 8.35. The molecule has 0 amide bonds. The first-order valence-corrected chi connectivity index (χ1v) is 9.79. The van der Waals surface area contributed by atoms with E-state index in [4.69, 9.17) is 0 Å². The third kappa shape index (κ3) is 3.27. The molecular formula is C18H24N2O2S. The fraction of sp³-hybridized carbons (Fsp3) is 0.444. The van der Waals surface area contributed by atoms with Gasteiger partial charge in [0.2, 0.25) is 10.0 Å². The van der Waals surface area contributed by atoms with Crippen LogP contribution in [0.5, 0.6) is 0 Å². The summed E-state index contributed by atoms with van der Waals surface area (Å²) in [5.74, 6) is 0. The second kappa shape index (κ2) is 6.99. The lowest BCUT2D eigenvalue weighted by molar-refractivity contribution is 0.262. The number of nitrogens with one attached hydrogen (secondary N) is 1. The van der Waals surface area contributed by atoms with Crippen LogP contribution in [0.2, 0.25) is 0 Å². The summed E-state index contributed by atoms with van der Waals surface area (Å²) in [6.07, 6.45) is 2.59. The van der Waals surface area contributed by atoms with Gasteiger partial charge in [-0.15, -0.1) is 0 Å². The minimum Gasteiger partial charge on any atom is -0.317 e. The summed E-state index contributed by atoms with van der Waals surface area (Å²) in [4.78, 5) is 0.433. The Morgan fingerprint density at radius 3 is 2.52 bits per heavy atom. The summed E-state index contributed by atoms with van der Waals surface area (Å²) in [6.45, 7) is 4.38. The molecule has 0 aliphatic carbocycles. The third-order valence-electron chi connectivity index (χ3n) is 4.50. The smallest absolute Gasteiger partial charge is 0.243 e. The second-order valence-electron chi connectivity index (χ2n) is 6.07. The van der Waals surface area contributed by atoms with Gasteiger partial charge in [-0.3, -0.25) is 0 Å². The molecule has 1 saturated heterocycles. The fourth-order valence-electron chi connectivity index (χ4n) is 3.36. The van der Waals surface area contributed by atoms with E-state index in [0.717, 1.165) is 43.1 Å². The van der Waals surface area contributed by atoms with Crippen molar-refractivity contribution in [2.24, 2.45) is 0 Å². The summed E-state index contributed by atoms with van der Waals surface area (Å²) >= 11 is 0. The highest BCUT2D eigenvalue weighted by Gasteiger charge is 2.32. The molecule has 124 valence electrons. The summed E-state index contributed by atoms with van der Waals surface area (Å²) < 4.78 is 28.4. The van der Waals surface area contributed by atoms with Gasteiger partial charge in [0.25, 0.3) is 0 Å². The van der Waals surface area contributed by atoms with Crippen LogP contribution in [-0.4, -0.2) is 38.4 Å². The number of nitrogens with zero attached hydrogens (tertiary/aromatic N) is 1. The molecule has 0 unspecified atom stereocenters. The Balaban J connectivity index is 2.06. The highest BCUT2D eigenvalue weighted by molar-refractivity contribution is 7.89. The number of fused-ring (bicyclic) bond motifs is 1. The lowest BCUT2D eigenvalue weighted by atomic mass is 10.1. The maximum Gasteiger partial charge on any atom is 0.243 e. The topological polar surface area (TPSA) is 49.4 Å². The van der Waals surface area contributed by atoms with E-state index >= 15 is 0 Å². The van der Waals surface area contributed by atoms with Gasteiger partial charge in [0, 0.05) is 18.0 Å². The van der Waals surface area contributed by atoms with Crippen molar-refractivity contribution in [1.82, 2.24) is 9.62 Å². The molecule has 0 saturated carbocycles. The highest BCUT2D eigenvalue weighted by Crippen LogP contribution is 2.28. The van der Waals surface area contributed by atoms with Crippen LogP contribution in [0.4, 0.5) is 0 Å². The Morgan fingerprint density at radius 2 is 1.78 bits per heavy atom. The Hall–Kier alpha value is -1.43. The first kappa shape index (κ1) is 16.4. The van der Waals surface area contributed by atoms with Crippen molar-refractivity contribution in [1.29, 1.82) is 0 Å². The molecule has 4 nitrogen and oxygen atoms in total. The van der Waals surface area contributed by atoms with Crippen molar-refractivity contribution >= 4 is 20.8 Å². The Labute approximate surface area is 138 Å². The molecule has 3 rings (SSSR count). The molecule has 1 heterocycles. The van der Waals surface area contributed by atoms with Gasteiger partial charge < -0.3 is 5.32 Å². The average Bonchev–Trinajstić information content (AvgIpc) is 2.59. The molecular weight excluding hydrogens is 308 g/mol. The van der Waals surface area contributed by atoms with Crippen molar-refractivity contribution in [2.75, 3.05) is 19.6 Å². The maximum atomic E-state index is 13.3. The van der Waals surface area contributed by atoms with Crippen LogP contribution in [0.15, 0.2) is 47.4 Å². The zero-order valence-corrected chi connectivity index (χ0v) is 14.3. The standard InChI is InChI=1S/C18H24N2O2S/c1-2-14-20(16-10-12-19-13-11-16)23(21,22)18-9-5-7-15-6-3-4-8-17(15)18/h3-9,16,19H,2,10-14H2,1H3. The van der Waals surface area contributed by atoms with Gasteiger partial charge >= 0.3 is 0 Å². The van der Waals surface area contributed by atoms with Crippen LogP contribution in [0.1, 0.15) is 26.2 Å². The van der Waals surface area contributed by atoms with Crippen molar-refractivity contribution in [2.45, 2.75) is 37.1 Å². The summed E-state index contributed by atoms with van der Waals surface area (Å²) in [5.41, 5.74) is 0. The minimum atomic E-state index is -3.48. The third-order valence-corrected chi connectivity index (χ3v) is 6.51. The normalized spacial score (nSPS) is 17.0. The van der Waals surface area contributed by atoms with E-state index in [0.29, 0.717) is 11.4 Å². The van der Waals surface area contributed by atoms with Gasteiger partial charge in [-0.05, 0) is 43.8 Å². The average molecular weight is 332 g/mol. The Bertz CT molecular complexity index is 762. The zero-order chi connectivity index (χ0) is 16.3. The summed E-state index contributed by atoms with van der Waals surface area (Å²) in [5, 5.41) is 5.09. The number of sulfonamides is 1. The number of piperidine rings is 1. The monoisotopic (exact) mass is 332 g/mol. The van der Waals surface area contributed by atoms with Crippen molar-refractivity contribution in [3.05, 3.63) is 42.5 Å². The molecule has 0 spiro atoms. The van der Waals surface area contributed by atoms with Crippen LogP contribution in [0.3, 0.4) is 0 Å². The van der Waals surface area contributed by atoms with E-state index in [1.807, 2.05) is 43.3 Å².